The highest BCUT2D eigenvalue weighted by Crippen LogP contribution is 2.45. The predicted molar refractivity (Wildman–Crippen MR) is 231 cm³/mol. The molecule has 0 radical (unpaired) electrons. The van der Waals surface area contributed by atoms with Crippen LogP contribution >= 0.6 is 0 Å². The van der Waals surface area contributed by atoms with Crippen LogP contribution in [0, 0.1) is 0 Å². The molecule has 0 aliphatic carbocycles. The summed E-state index contributed by atoms with van der Waals surface area (Å²) in [5, 5.41) is 0. The van der Waals surface area contributed by atoms with Crippen LogP contribution in [0.15, 0.2) is 143 Å². The Kier molecular flexibility index (Phi) is 9.35. The fraction of sp³-hybridized carbons (Fsp3) is 0. The number of hydrogen-bond acceptors (Lipinski definition) is 8. The third kappa shape index (κ3) is 6.76. The minimum Gasteiger partial charge on any atom is -0.354 e. The van der Waals surface area contributed by atoms with Gasteiger partial charge in [-0.3, -0.25) is 13.7 Å². The van der Waals surface area contributed by atoms with Crippen molar-refractivity contribution in [3.63, 3.8) is 0 Å². The standard InChI is InChI=1S/C44H30N4O9S3/c49-58(50,51)43-41-39(29-17-9-3-10-18-29)35-25-23-33(46-35)37(27-13-5-1-6-14-27)31-21-22-32(45-31)38(28-15-7-2-8-16-28)34-24-26-36(47-34)40(30-19-11-4-12-20-30)42(44(43)59(52,53)54)48(41)60(55,56)57/h1-26,45H,(H,49,50,51)(H,52,53,54)(H,55,56,57). The van der Waals surface area contributed by atoms with E-state index in [1.165, 1.54) is 36.4 Å². The van der Waals surface area contributed by atoms with Crippen molar-refractivity contribution in [2.75, 3.05) is 0 Å². The van der Waals surface area contributed by atoms with Crippen molar-refractivity contribution < 1.29 is 38.9 Å². The molecule has 2 aliphatic rings. The summed E-state index contributed by atoms with van der Waals surface area (Å²) in [7, 11) is -17.4. The summed E-state index contributed by atoms with van der Waals surface area (Å²) in [5.41, 5.74) is 1.77. The molecule has 13 nitrogen and oxygen atoms in total. The maximum Gasteiger partial charge on any atom is 0.364 e. The van der Waals surface area contributed by atoms with Gasteiger partial charge in [0.05, 0.1) is 33.8 Å². The molecule has 8 bridgehead atoms. The van der Waals surface area contributed by atoms with Gasteiger partial charge in [0, 0.05) is 33.3 Å². The SMILES string of the molecule is O=S(=O)(O)c1c(S(=O)(=O)O)c2c(-c3ccccc3)c3nc(c(-c4ccccc4)c4ccc([nH]4)c(-c4ccccc4)c4nc(c(-c5ccccc5)c1n2S(=O)(=O)O)C=C4)C=C3. The lowest BCUT2D eigenvalue weighted by atomic mass is 10.0. The molecule has 0 saturated heterocycles. The molecule has 4 N–H and O–H groups in total. The van der Waals surface area contributed by atoms with Crippen LogP contribution in [0.5, 0.6) is 0 Å². The molecular weight excluding hydrogens is 825 g/mol. The average molecular weight is 855 g/mol. The fourth-order valence-electron chi connectivity index (χ4n) is 7.73. The maximum atomic E-state index is 14.0. The molecule has 5 heterocycles. The number of fused-ring (bicyclic) bond motifs is 8. The van der Waals surface area contributed by atoms with E-state index in [0.29, 0.717) is 44.7 Å². The third-order valence-electron chi connectivity index (χ3n) is 10.0. The van der Waals surface area contributed by atoms with Gasteiger partial charge in [-0.2, -0.15) is 25.3 Å². The molecule has 0 unspecified atom stereocenters. The van der Waals surface area contributed by atoms with Gasteiger partial charge in [-0.05, 0) is 58.7 Å². The number of H-pyrrole nitrogens is 1. The summed E-state index contributed by atoms with van der Waals surface area (Å²) in [5.74, 6) is 0. The number of nitrogens with one attached hydrogen (secondary N) is 1. The molecule has 0 saturated carbocycles. The number of nitrogens with zero attached hydrogens (tertiary/aromatic N) is 3. The van der Waals surface area contributed by atoms with Crippen LogP contribution in [0.25, 0.3) is 90.9 Å². The van der Waals surface area contributed by atoms with Gasteiger partial charge in [0.2, 0.25) is 0 Å². The van der Waals surface area contributed by atoms with Crippen LogP contribution < -0.4 is 0 Å². The van der Waals surface area contributed by atoms with Crippen LogP contribution in [0.2, 0.25) is 0 Å². The van der Waals surface area contributed by atoms with Gasteiger partial charge in [0.25, 0.3) is 20.2 Å². The van der Waals surface area contributed by atoms with E-state index >= 15 is 0 Å². The highest BCUT2D eigenvalue weighted by molar-refractivity contribution is 7.89. The predicted octanol–water partition coefficient (Wildman–Crippen LogP) is 8.94. The molecule has 298 valence electrons. The Balaban J connectivity index is 1.70. The average Bonchev–Trinajstić information content (AvgIpc) is 4.05. The first-order valence-corrected chi connectivity index (χ1v) is 22.4. The molecule has 7 aromatic rings. The van der Waals surface area contributed by atoms with E-state index in [0.717, 1.165) is 0 Å². The van der Waals surface area contributed by atoms with Gasteiger partial charge < -0.3 is 4.98 Å². The first-order valence-electron chi connectivity index (χ1n) is 18.1. The quantitative estimate of drug-likeness (QED) is 0.111. The second kappa shape index (κ2) is 14.5. The van der Waals surface area contributed by atoms with Crippen molar-refractivity contribution in [2.24, 2.45) is 0 Å². The Labute approximate surface area is 343 Å². The summed E-state index contributed by atoms with van der Waals surface area (Å²) in [6, 6.07) is 37.7. The number of rotatable bonds is 7. The Morgan fingerprint density at radius 2 is 0.683 bits per heavy atom. The topological polar surface area (TPSA) is 210 Å². The summed E-state index contributed by atoms with van der Waals surface area (Å²) >= 11 is 0. The molecule has 4 aromatic carbocycles. The lowest BCUT2D eigenvalue weighted by Gasteiger charge is -2.12. The van der Waals surface area contributed by atoms with Crippen LogP contribution in [0.3, 0.4) is 0 Å². The normalized spacial score (nSPS) is 12.8. The Bertz CT molecular complexity index is 3270. The summed E-state index contributed by atoms with van der Waals surface area (Å²) in [4.78, 5) is 10.4. The molecule has 60 heavy (non-hydrogen) atoms. The highest BCUT2D eigenvalue weighted by atomic mass is 32.2. The minimum absolute atomic E-state index is 0.0873. The van der Waals surface area contributed by atoms with Crippen molar-refractivity contribution >= 4 is 76.9 Å². The summed E-state index contributed by atoms with van der Waals surface area (Å²) in [6.07, 6.45) is 6.17. The van der Waals surface area contributed by atoms with Crippen LogP contribution in [0.4, 0.5) is 0 Å². The summed E-state index contributed by atoms with van der Waals surface area (Å²) < 4.78 is 117. The Morgan fingerprint density at radius 1 is 0.400 bits per heavy atom. The molecule has 16 heteroatoms. The molecule has 0 atom stereocenters. The molecule has 9 rings (SSSR count). The number of benzene rings is 4. The second-order valence-corrected chi connectivity index (χ2v) is 17.7. The molecule has 0 spiro atoms. The minimum atomic E-state index is -5.82. The van der Waals surface area contributed by atoms with Gasteiger partial charge in [-0.1, -0.05) is 121 Å². The number of hydrogen-bond donors (Lipinski definition) is 4. The zero-order valence-corrected chi connectivity index (χ0v) is 33.3. The molecule has 0 amide bonds. The zero-order chi connectivity index (χ0) is 42.0. The lowest BCUT2D eigenvalue weighted by Crippen LogP contribution is -2.13. The molecule has 0 fully saturated rings. The van der Waals surface area contributed by atoms with Crippen molar-refractivity contribution in [1.29, 1.82) is 0 Å². The van der Waals surface area contributed by atoms with Crippen LogP contribution in [-0.2, 0) is 30.5 Å². The fourth-order valence-corrected chi connectivity index (χ4v) is 10.8. The number of aromatic amines is 1. The molecule has 2 aliphatic heterocycles. The summed E-state index contributed by atoms with van der Waals surface area (Å²) in [6.45, 7) is 0. The Hall–Kier alpha value is -6.79. The zero-order valence-electron chi connectivity index (χ0n) is 30.9. The van der Waals surface area contributed by atoms with E-state index in [1.807, 2.05) is 72.8 Å². The van der Waals surface area contributed by atoms with Gasteiger partial charge >= 0.3 is 10.3 Å². The first kappa shape index (κ1) is 38.7. The smallest absolute Gasteiger partial charge is 0.354 e. The molecular formula is C44H30N4O9S3. The molecule has 3 aromatic heterocycles. The van der Waals surface area contributed by atoms with E-state index in [4.69, 9.17) is 9.97 Å². The largest absolute Gasteiger partial charge is 0.364 e. The van der Waals surface area contributed by atoms with Crippen LogP contribution in [0.1, 0.15) is 22.8 Å². The second-order valence-electron chi connectivity index (χ2n) is 13.7. The van der Waals surface area contributed by atoms with E-state index in [9.17, 15) is 38.9 Å². The van der Waals surface area contributed by atoms with E-state index in [2.05, 4.69) is 4.98 Å². The van der Waals surface area contributed by atoms with E-state index < -0.39 is 51.4 Å². The van der Waals surface area contributed by atoms with Gasteiger partial charge in [0.15, 0.2) is 0 Å². The van der Waals surface area contributed by atoms with Crippen molar-refractivity contribution in [2.45, 2.75) is 9.79 Å². The van der Waals surface area contributed by atoms with Gasteiger partial charge in [-0.25, -0.2) is 13.9 Å². The lowest BCUT2D eigenvalue weighted by molar-refractivity contribution is 0.469. The van der Waals surface area contributed by atoms with Gasteiger partial charge in [0.1, 0.15) is 9.79 Å². The maximum absolute atomic E-state index is 14.0. The van der Waals surface area contributed by atoms with Crippen molar-refractivity contribution in [3.05, 3.63) is 156 Å². The third-order valence-corrected chi connectivity index (χ3v) is 12.8. The van der Waals surface area contributed by atoms with Crippen LogP contribution in [-0.4, -0.2) is 57.8 Å². The number of aromatic nitrogens is 4. The van der Waals surface area contributed by atoms with Gasteiger partial charge in [-0.15, -0.1) is 0 Å². The Morgan fingerprint density at radius 3 is 0.967 bits per heavy atom. The van der Waals surface area contributed by atoms with Crippen molar-refractivity contribution in [3.8, 4) is 44.5 Å². The van der Waals surface area contributed by atoms with E-state index in [-0.39, 0.29) is 37.6 Å². The van der Waals surface area contributed by atoms with E-state index in [1.54, 1.807) is 48.6 Å². The van der Waals surface area contributed by atoms with Crippen molar-refractivity contribution in [1.82, 2.24) is 18.9 Å². The monoisotopic (exact) mass is 854 g/mol. The first-order chi connectivity index (χ1) is 28.7. The highest BCUT2D eigenvalue weighted by Gasteiger charge is 2.40.